The van der Waals surface area contributed by atoms with Crippen molar-refractivity contribution in [3.63, 3.8) is 0 Å². The molecule has 0 aliphatic carbocycles. The molecule has 30 heavy (non-hydrogen) atoms. The summed E-state index contributed by atoms with van der Waals surface area (Å²) in [7, 11) is 0. The molecule has 0 radical (unpaired) electrons. The van der Waals surface area contributed by atoms with Crippen LogP contribution in [0, 0.1) is 0 Å². The molecule has 0 saturated heterocycles. The summed E-state index contributed by atoms with van der Waals surface area (Å²) in [5.41, 5.74) is 3.15. The SMILES string of the molecule is CCCCCCCCCCCOc1ccc(C=Cc2ccc3ccccc3n2)cc1. The van der Waals surface area contributed by atoms with Gasteiger partial charge in [-0.1, -0.05) is 101 Å². The Morgan fingerprint density at radius 1 is 0.700 bits per heavy atom. The van der Waals surface area contributed by atoms with Crippen LogP contribution in [-0.2, 0) is 0 Å². The molecule has 1 aromatic heterocycles. The summed E-state index contributed by atoms with van der Waals surface area (Å²) in [6.45, 7) is 3.08. The van der Waals surface area contributed by atoms with Gasteiger partial charge in [0.1, 0.15) is 5.75 Å². The van der Waals surface area contributed by atoms with Crippen LogP contribution < -0.4 is 4.74 Å². The van der Waals surface area contributed by atoms with Gasteiger partial charge in [0, 0.05) is 5.39 Å². The minimum absolute atomic E-state index is 0.812. The van der Waals surface area contributed by atoms with Gasteiger partial charge in [0.05, 0.1) is 17.8 Å². The Morgan fingerprint density at radius 3 is 2.17 bits per heavy atom. The summed E-state index contributed by atoms with van der Waals surface area (Å²) >= 11 is 0. The van der Waals surface area contributed by atoms with Gasteiger partial charge in [0.2, 0.25) is 0 Å². The van der Waals surface area contributed by atoms with Gasteiger partial charge < -0.3 is 4.74 Å². The first-order chi connectivity index (χ1) is 14.8. The van der Waals surface area contributed by atoms with Crippen LogP contribution in [0.4, 0.5) is 0 Å². The summed E-state index contributed by atoms with van der Waals surface area (Å²) in [5.74, 6) is 0.954. The van der Waals surface area contributed by atoms with Crippen molar-refractivity contribution in [3.8, 4) is 5.75 Å². The van der Waals surface area contributed by atoms with Crippen molar-refractivity contribution in [1.82, 2.24) is 4.98 Å². The molecular weight excluding hydrogens is 366 g/mol. The Bertz CT molecular complexity index is 898. The highest BCUT2D eigenvalue weighted by molar-refractivity contribution is 5.80. The third kappa shape index (κ3) is 7.67. The number of fused-ring (bicyclic) bond motifs is 1. The summed E-state index contributed by atoms with van der Waals surface area (Å²) in [6.07, 6.45) is 16.2. The Labute approximate surface area is 182 Å². The largest absolute Gasteiger partial charge is 0.494 e. The molecule has 3 rings (SSSR count). The van der Waals surface area contributed by atoms with E-state index in [9.17, 15) is 0 Å². The lowest BCUT2D eigenvalue weighted by molar-refractivity contribution is 0.304. The van der Waals surface area contributed by atoms with Crippen LogP contribution in [0.5, 0.6) is 5.75 Å². The molecule has 0 atom stereocenters. The van der Waals surface area contributed by atoms with E-state index in [-0.39, 0.29) is 0 Å². The van der Waals surface area contributed by atoms with Crippen LogP contribution in [0.25, 0.3) is 23.1 Å². The molecule has 158 valence electrons. The van der Waals surface area contributed by atoms with Gasteiger partial charge in [-0.15, -0.1) is 0 Å². The van der Waals surface area contributed by atoms with Crippen LogP contribution >= 0.6 is 0 Å². The lowest BCUT2D eigenvalue weighted by Gasteiger charge is -2.06. The van der Waals surface area contributed by atoms with Crippen molar-refractivity contribution in [2.24, 2.45) is 0 Å². The number of hydrogen-bond donors (Lipinski definition) is 0. The van der Waals surface area contributed by atoms with Crippen molar-refractivity contribution in [2.45, 2.75) is 64.7 Å². The molecule has 0 unspecified atom stereocenters. The van der Waals surface area contributed by atoms with Crippen molar-refractivity contribution in [1.29, 1.82) is 0 Å². The Hall–Kier alpha value is -2.61. The molecular formula is C28H35NO. The van der Waals surface area contributed by atoms with Gasteiger partial charge in [0.25, 0.3) is 0 Å². The van der Waals surface area contributed by atoms with E-state index in [1.807, 2.05) is 18.2 Å². The smallest absolute Gasteiger partial charge is 0.119 e. The maximum Gasteiger partial charge on any atom is 0.119 e. The number of ether oxygens (including phenoxy) is 1. The second-order valence-electron chi connectivity index (χ2n) is 8.01. The minimum atomic E-state index is 0.812. The summed E-state index contributed by atoms with van der Waals surface area (Å²) in [4.78, 5) is 4.69. The van der Waals surface area contributed by atoms with Crippen LogP contribution in [-0.4, -0.2) is 11.6 Å². The maximum absolute atomic E-state index is 5.90. The molecule has 0 saturated carbocycles. The van der Waals surface area contributed by atoms with E-state index in [0.717, 1.165) is 35.6 Å². The van der Waals surface area contributed by atoms with Crippen molar-refractivity contribution in [3.05, 3.63) is 71.9 Å². The Morgan fingerprint density at radius 2 is 1.40 bits per heavy atom. The molecule has 2 aromatic carbocycles. The van der Waals surface area contributed by atoms with Crippen molar-refractivity contribution in [2.75, 3.05) is 6.61 Å². The first-order valence-corrected chi connectivity index (χ1v) is 11.6. The van der Waals surface area contributed by atoms with Crippen molar-refractivity contribution < 1.29 is 4.74 Å². The van der Waals surface area contributed by atoms with E-state index < -0.39 is 0 Å². The predicted octanol–water partition coefficient (Wildman–Crippen LogP) is 8.31. The average molecular weight is 402 g/mol. The first-order valence-electron chi connectivity index (χ1n) is 11.6. The highest BCUT2D eigenvalue weighted by Crippen LogP contribution is 2.17. The number of benzene rings is 2. The van der Waals surface area contributed by atoms with Crippen LogP contribution in [0.2, 0.25) is 0 Å². The van der Waals surface area contributed by atoms with Gasteiger partial charge >= 0.3 is 0 Å². The number of pyridine rings is 1. The summed E-state index contributed by atoms with van der Waals surface area (Å²) < 4.78 is 5.90. The van der Waals surface area contributed by atoms with Gasteiger partial charge in [-0.25, -0.2) is 4.98 Å². The molecule has 1 heterocycles. The summed E-state index contributed by atoms with van der Waals surface area (Å²) in [6, 6.07) is 20.7. The van der Waals surface area contributed by atoms with E-state index in [1.54, 1.807) is 0 Å². The number of aromatic nitrogens is 1. The molecule has 2 nitrogen and oxygen atoms in total. The fourth-order valence-electron chi connectivity index (χ4n) is 3.63. The van der Waals surface area contributed by atoms with Gasteiger partial charge in [0.15, 0.2) is 0 Å². The van der Waals surface area contributed by atoms with Crippen LogP contribution in [0.1, 0.15) is 76.0 Å². The molecule has 0 aliphatic heterocycles. The zero-order valence-electron chi connectivity index (χ0n) is 18.4. The van der Waals surface area contributed by atoms with Crippen LogP contribution in [0.15, 0.2) is 60.7 Å². The predicted molar refractivity (Wildman–Crippen MR) is 130 cm³/mol. The van der Waals surface area contributed by atoms with Gasteiger partial charge in [-0.05, 0) is 42.3 Å². The number of unbranched alkanes of at least 4 members (excludes halogenated alkanes) is 8. The lowest BCUT2D eigenvalue weighted by Crippen LogP contribution is -1.97. The average Bonchev–Trinajstić information content (AvgIpc) is 2.79. The third-order valence-corrected chi connectivity index (χ3v) is 5.46. The summed E-state index contributed by atoms with van der Waals surface area (Å²) in [5, 5.41) is 1.17. The highest BCUT2D eigenvalue weighted by atomic mass is 16.5. The normalized spacial score (nSPS) is 11.4. The first kappa shape index (κ1) is 22.1. The zero-order valence-corrected chi connectivity index (χ0v) is 18.4. The van der Waals surface area contributed by atoms with Crippen LogP contribution in [0.3, 0.4) is 0 Å². The monoisotopic (exact) mass is 401 g/mol. The van der Waals surface area contributed by atoms with E-state index in [2.05, 4.69) is 66.5 Å². The van der Waals surface area contributed by atoms with E-state index in [0.29, 0.717) is 0 Å². The van der Waals surface area contributed by atoms with E-state index in [1.165, 1.54) is 56.8 Å². The standard InChI is InChI=1S/C28H35NO/c1-2-3-4-5-6-7-8-9-12-23-30-27-21-16-24(17-22-27)15-19-26-20-18-25-13-10-11-14-28(25)29-26/h10-11,13-22H,2-9,12,23H2,1H3. The highest BCUT2D eigenvalue weighted by Gasteiger charge is 1.97. The molecule has 0 amide bonds. The van der Waals surface area contributed by atoms with Gasteiger partial charge in [-0.2, -0.15) is 0 Å². The Kier molecular flexibility index (Phi) is 9.46. The molecule has 0 bridgehead atoms. The number of hydrogen-bond acceptors (Lipinski definition) is 2. The minimum Gasteiger partial charge on any atom is -0.494 e. The fraction of sp³-hybridized carbons (Fsp3) is 0.393. The van der Waals surface area contributed by atoms with E-state index in [4.69, 9.17) is 4.74 Å². The molecule has 0 spiro atoms. The number of para-hydroxylation sites is 1. The lowest BCUT2D eigenvalue weighted by atomic mass is 10.1. The molecule has 0 N–H and O–H groups in total. The maximum atomic E-state index is 5.90. The molecule has 0 fully saturated rings. The molecule has 3 aromatic rings. The quantitative estimate of drug-likeness (QED) is 0.269. The second kappa shape index (κ2) is 12.8. The molecule has 2 heteroatoms. The Balaban J connectivity index is 1.35. The second-order valence-corrected chi connectivity index (χ2v) is 8.01. The number of rotatable bonds is 13. The fourth-order valence-corrected chi connectivity index (χ4v) is 3.63. The molecule has 0 aliphatic rings. The topological polar surface area (TPSA) is 22.1 Å². The third-order valence-electron chi connectivity index (χ3n) is 5.46. The number of nitrogens with zero attached hydrogens (tertiary/aromatic N) is 1. The zero-order chi connectivity index (χ0) is 20.9. The van der Waals surface area contributed by atoms with Gasteiger partial charge in [-0.3, -0.25) is 0 Å². The van der Waals surface area contributed by atoms with Crippen molar-refractivity contribution >= 4 is 23.1 Å². The van der Waals surface area contributed by atoms with E-state index >= 15 is 0 Å².